The van der Waals surface area contributed by atoms with Gasteiger partial charge in [0.1, 0.15) is 5.69 Å². The van der Waals surface area contributed by atoms with Crippen molar-refractivity contribution in [3.05, 3.63) is 81.6 Å². The smallest absolute Gasteiger partial charge is 0.282 e. The van der Waals surface area contributed by atoms with E-state index in [9.17, 15) is 4.79 Å². The Balaban J connectivity index is 1.57. The number of nitrogens with one attached hydrogen (secondary N) is 1. The summed E-state index contributed by atoms with van der Waals surface area (Å²) in [5.41, 5.74) is 0.921. The van der Waals surface area contributed by atoms with Crippen LogP contribution in [0.25, 0.3) is 0 Å². The van der Waals surface area contributed by atoms with Gasteiger partial charge in [-0.1, -0.05) is 92.8 Å². The van der Waals surface area contributed by atoms with Crippen molar-refractivity contribution in [2.45, 2.75) is 58.9 Å². The number of rotatable bonds is 9. The van der Waals surface area contributed by atoms with Crippen molar-refractivity contribution in [3.63, 3.8) is 0 Å². The lowest BCUT2D eigenvalue weighted by molar-refractivity contribution is -0.119. The molecule has 0 saturated heterocycles. The quantitative estimate of drug-likeness (QED) is 0.201. The molecule has 10 heteroatoms. The van der Waals surface area contributed by atoms with Gasteiger partial charge in [0, 0.05) is 22.8 Å². The summed E-state index contributed by atoms with van der Waals surface area (Å²) in [6.45, 7) is 8.49. The number of anilines is 1. The number of benzene rings is 2. The van der Waals surface area contributed by atoms with Crippen molar-refractivity contribution in [1.82, 2.24) is 9.78 Å². The maximum atomic E-state index is 13.6. The number of amides is 1. The van der Waals surface area contributed by atoms with Gasteiger partial charge in [-0.2, -0.15) is 10.1 Å². The minimum atomic E-state index is -1.01. The van der Waals surface area contributed by atoms with Gasteiger partial charge >= 0.3 is 0 Å². The van der Waals surface area contributed by atoms with Gasteiger partial charge in [0.05, 0.1) is 10.0 Å². The molecule has 1 aliphatic heterocycles. The van der Waals surface area contributed by atoms with Crippen LogP contribution in [0.1, 0.15) is 64.5 Å². The summed E-state index contributed by atoms with van der Waals surface area (Å²) in [6.07, 6.45) is 5.61. The normalized spacial score (nSPS) is 18.4. The molecule has 0 radical (unpaired) electrons. The summed E-state index contributed by atoms with van der Waals surface area (Å²) in [5, 5.41) is 19.4. The molecule has 2 heterocycles. The molecule has 0 saturated carbocycles. The lowest BCUT2D eigenvalue weighted by Gasteiger charge is -2.32. The summed E-state index contributed by atoms with van der Waals surface area (Å²) < 4.78 is 7.56. The Labute approximate surface area is 244 Å². The third-order valence-electron chi connectivity index (χ3n) is 7.32. The maximum Gasteiger partial charge on any atom is 0.282 e. The first-order valence-electron chi connectivity index (χ1n) is 12.9. The maximum absolute atomic E-state index is 13.6. The van der Waals surface area contributed by atoms with Crippen LogP contribution in [0.5, 0.6) is 0 Å². The lowest BCUT2D eigenvalue weighted by Crippen LogP contribution is -2.36. The van der Waals surface area contributed by atoms with Crippen molar-refractivity contribution in [1.29, 1.82) is 5.41 Å². The topological polar surface area (TPSA) is 83.6 Å². The molecule has 206 valence electrons. The fourth-order valence-corrected chi connectivity index (χ4v) is 6.03. The molecule has 1 aromatic heterocycles. The summed E-state index contributed by atoms with van der Waals surface area (Å²) in [5.74, 6) is 0.326. The zero-order valence-electron chi connectivity index (χ0n) is 22.4. The Kier molecular flexibility index (Phi) is 9.04. The first kappa shape index (κ1) is 29.1. The van der Waals surface area contributed by atoms with Crippen molar-refractivity contribution >= 4 is 58.2 Å². The van der Waals surface area contributed by atoms with Gasteiger partial charge in [0.15, 0.2) is 5.90 Å². The van der Waals surface area contributed by atoms with Crippen molar-refractivity contribution in [2.75, 3.05) is 5.01 Å². The molecule has 4 unspecified atom stereocenters. The van der Waals surface area contributed by atoms with Crippen LogP contribution in [0.4, 0.5) is 5.69 Å². The van der Waals surface area contributed by atoms with Crippen LogP contribution < -0.4 is 5.01 Å². The SMILES string of the molecule is CCC(C)(CC(C)CC(C)c1ccccc1)C(=N)OC1=NN(c2c(Cl)cc(Cl)cc2Cl)C(=O)C1n1cccn1. The number of halogens is 3. The highest BCUT2D eigenvalue weighted by Gasteiger charge is 2.44. The van der Waals surface area contributed by atoms with Gasteiger partial charge < -0.3 is 4.74 Å². The first-order chi connectivity index (χ1) is 18.5. The van der Waals surface area contributed by atoms with E-state index in [-0.39, 0.29) is 27.5 Å². The fraction of sp³-hybridized carbons (Fsp3) is 0.379. The summed E-state index contributed by atoms with van der Waals surface area (Å²) in [6, 6.07) is 14.1. The molecule has 4 atom stereocenters. The van der Waals surface area contributed by atoms with Crippen LogP contribution in [0.15, 0.2) is 66.0 Å². The van der Waals surface area contributed by atoms with Crippen molar-refractivity contribution < 1.29 is 9.53 Å². The zero-order valence-corrected chi connectivity index (χ0v) is 24.6. The number of nitrogens with zero attached hydrogens (tertiary/aromatic N) is 4. The predicted molar refractivity (Wildman–Crippen MR) is 158 cm³/mol. The van der Waals surface area contributed by atoms with Crippen LogP contribution in [-0.4, -0.2) is 27.5 Å². The average Bonchev–Trinajstić information content (AvgIpc) is 3.52. The second-order valence-electron chi connectivity index (χ2n) is 10.4. The second kappa shape index (κ2) is 12.1. The summed E-state index contributed by atoms with van der Waals surface area (Å²) in [4.78, 5) is 13.6. The number of carbonyl (C=O) groups excluding carboxylic acids is 1. The predicted octanol–water partition coefficient (Wildman–Crippen LogP) is 8.37. The number of carbonyl (C=O) groups is 1. The van der Waals surface area contributed by atoms with Gasteiger partial charge in [-0.15, -0.1) is 5.10 Å². The first-order valence-corrected chi connectivity index (χ1v) is 14.1. The van der Waals surface area contributed by atoms with Crippen LogP contribution in [-0.2, 0) is 9.53 Å². The number of hydrazone groups is 1. The zero-order chi connectivity index (χ0) is 28.3. The Morgan fingerprint density at radius 2 is 1.79 bits per heavy atom. The van der Waals surface area contributed by atoms with Crippen LogP contribution >= 0.6 is 34.8 Å². The molecule has 39 heavy (non-hydrogen) atoms. The Morgan fingerprint density at radius 3 is 2.38 bits per heavy atom. The summed E-state index contributed by atoms with van der Waals surface area (Å²) in [7, 11) is 0. The molecule has 0 aliphatic carbocycles. The third-order valence-corrected chi connectivity index (χ3v) is 8.11. The number of hydrogen-bond donors (Lipinski definition) is 1. The van der Waals surface area contributed by atoms with E-state index in [1.54, 1.807) is 18.5 Å². The standard InChI is InChI=1S/C29H32Cl3N5O2/c1-5-29(4,17-18(2)14-19(3)20-10-7-6-8-11-20)28(33)39-26-25(36-13-9-12-34-36)27(38)37(35-26)24-22(31)15-21(30)16-23(24)32/h6-13,15-16,18-19,25,33H,5,14,17H2,1-4H3. The molecule has 1 N–H and O–H groups in total. The van der Waals surface area contributed by atoms with E-state index in [1.807, 2.05) is 19.9 Å². The molecule has 0 spiro atoms. The summed E-state index contributed by atoms with van der Waals surface area (Å²) >= 11 is 18.9. The highest BCUT2D eigenvalue weighted by atomic mass is 35.5. The largest absolute Gasteiger partial charge is 0.424 e. The van der Waals surface area contributed by atoms with E-state index in [0.29, 0.717) is 23.3 Å². The van der Waals surface area contributed by atoms with Gasteiger partial charge in [-0.3, -0.25) is 14.9 Å². The molecule has 4 rings (SSSR count). The van der Waals surface area contributed by atoms with Crippen molar-refractivity contribution in [2.24, 2.45) is 16.4 Å². The molecule has 3 aromatic rings. The minimum absolute atomic E-state index is 0.0285. The Bertz CT molecular complexity index is 1340. The fourth-order valence-electron chi connectivity index (χ4n) is 5.06. The molecule has 2 aromatic carbocycles. The molecule has 0 fully saturated rings. The second-order valence-corrected chi connectivity index (χ2v) is 11.6. The van der Waals surface area contributed by atoms with Gasteiger partial charge in [-0.25, -0.2) is 0 Å². The molecule has 1 aliphatic rings. The molecule has 7 nitrogen and oxygen atoms in total. The monoisotopic (exact) mass is 587 g/mol. The average molecular weight is 589 g/mol. The van der Waals surface area contributed by atoms with E-state index in [2.05, 4.69) is 48.3 Å². The van der Waals surface area contributed by atoms with E-state index in [0.717, 1.165) is 17.9 Å². The third kappa shape index (κ3) is 6.32. The Morgan fingerprint density at radius 1 is 1.13 bits per heavy atom. The Hall–Kier alpha value is -2.87. The highest BCUT2D eigenvalue weighted by molar-refractivity contribution is 6.42. The lowest BCUT2D eigenvalue weighted by atomic mass is 9.76. The van der Waals surface area contributed by atoms with Crippen molar-refractivity contribution in [3.8, 4) is 0 Å². The van der Waals surface area contributed by atoms with Crippen LogP contribution in [0, 0.1) is 16.7 Å². The van der Waals surface area contributed by atoms with E-state index >= 15 is 0 Å². The molecular formula is C29H32Cl3N5O2. The molecular weight excluding hydrogens is 557 g/mol. The molecule has 0 bridgehead atoms. The van der Waals surface area contributed by atoms with Crippen LogP contribution in [0.2, 0.25) is 15.1 Å². The number of hydrogen-bond acceptors (Lipinski definition) is 5. The van der Waals surface area contributed by atoms with E-state index in [4.69, 9.17) is 44.9 Å². The van der Waals surface area contributed by atoms with Gasteiger partial charge in [0.25, 0.3) is 5.91 Å². The van der Waals surface area contributed by atoms with Gasteiger partial charge in [-0.05, 0) is 54.9 Å². The minimum Gasteiger partial charge on any atom is -0.424 e. The number of ether oxygens (including phenoxy) is 1. The molecule has 1 amide bonds. The van der Waals surface area contributed by atoms with E-state index < -0.39 is 17.4 Å². The van der Waals surface area contributed by atoms with E-state index in [1.165, 1.54) is 22.4 Å². The van der Waals surface area contributed by atoms with Gasteiger partial charge in [0.2, 0.25) is 11.9 Å². The number of aromatic nitrogens is 2. The van der Waals surface area contributed by atoms with Crippen LogP contribution in [0.3, 0.4) is 0 Å². The highest BCUT2D eigenvalue weighted by Crippen LogP contribution is 2.41.